The van der Waals surface area contributed by atoms with E-state index < -0.39 is 0 Å². The summed E-state index contributed by atoms with van der Waals surface area (Å²) in [7, 11) is 0. The third kappa shape index (κ3) is 3.97. The second-order valence-electron chi connectivity index (χ2n) is 4.88. The van der Waals surface area contributed by atoms with Gasteiger partial charge in [-0.2, -0.15) is 5.10 Å². The second-order valence-corrected chi connectivity index (χ2v) is 4.88. The summed E-state index contributed by atoms with van der Waals surface area (Å²) < 4.78 is 5.63. The Kier molecular flexibility index (Phi) is 5.77. The van der Waals surface area contributed by atoms with Gasteiger partial charge < -0.3 is 10.1 Å². The highest BCUT2D eigenvalue weighted by Gasteiger charge is 2.14. The molecule has 1 amide bonds. The molecular formula is C17H21N3O2. The predicted octanol–water partition coefficient (Wildman–Crippen LogP) is 3.17. The van der Waals surface area contributed by atoms with Crippen molar-refractivity contribution >= 4 is 5.91 Å². The summed E-state index contributed by atoms with van der Waals surface area (Å²) in [5.41, 5.74) is 2.10. The molecule has 0 atom stereocenters. The minimum absolute atomic E-state index is 0.174. The third-order valence-corrected chi connectivity index (χ3v) is 3.20. The lowest BCUT2D eigenvalue weighted by Gasteiger charge is -2.07. The first kappa shape index (κ1) is 15.8. The van der Waals surface area contributed by atoms with Crippen molar-refractivity contribution < 1.29 is 9.53 Å². The zero-order valence-electron chi connectivity index (χ0n) is 12.8. The molecule has 116 valence electrons. The van der Waals surface area contributed by atoms with E-state index in [9.17, 15) is 4.79 Å². The fraction of sp³-hybridized carbons (Fsp3) is 0.294. The third-order valence-electron chi connectivity index (χ3n) is 3.20. The molecule has 0 saturated heterocycles. The van der Waals surface area contributed by atoms with E-state index in [0.717, 1.165) is 30.8 Å². The highest BCUT2D eigenvalue weighted by atomic mass is 16.5. The van der Waals surface area contributed by atoms with E-state index in [2.05, 4.69) is 29.0 Å². The van der Waals surface area contributed by atoms with Gasteiger partial charge in [0, 0.05) is 12.1 Å². The van der Waals surface area contributed by atoms with Crippen molar-refractivity contribution in [2.75, 3.05) is 13.2 Å². The molecular weight excluding hydrogens is 278 g/mol. The van der Waals surface area contributed by atoms with Gasteiger partial charge in [-0.25, -0.2) is 0 Å². The minimum atomic E-state index is -0.174. The number of rotatable bonds is 8. The molecule has 5 heteroatoms. The molecule has 1 heterocycles. The fourth-order valence-corrected chi connectivity index (χ4v) is 1.99. The molecule has 0 spiro atoms. The van der Waals surface area contributed by atoms with Crippen LogP contribution in [-0.2, 0) is 0 Å². The van der Waals surface area contributed by atoms with Crippen LogP contribution in [0.5, 0.6) is 5.75 Å². The molecule has 0 saturated carbocycles. The Morgan fingerprint density at radius 1 is 1.41 bits per heavy atom. The van der Waals surface area contributed by atoms with Crippen LogP contribution in [0.15, 0.2) is 43.1 Å². The number of benzene rings is 1. The van der Waals surface area contributed by atoms with Crippen molar-refractivity contribution in [1.29, 1.82) is 0 Å². The van der Waals surface area contributed by atoms with Gasteiger partial charge in [0.15, 0.2) is 0 Å². The molecule has 0 aliphatic rings. The Hall–Kier alpha value is -2.56. The first-order valence-corrected chi connectivity index (χ1v) is 7.42. The SMILES string of the molecule is C=CCNC(=O)c1cn[nH]c1-c1ccc(OCCCC)cc1. The minimum Gasteiger partial charge on any atom is -0.494 e. The lowest BCUT2D eigenvalue weighted by molar-refractivity contribution is 0.0958. The standard InChI is InChI=1S/C17H21N3O2/c1-3-5-11-22-14-8-6-13(7-9-14)16-15(12-19-20-16)17(21)18-10-4-2/h4,6-9,12H,2-3,5,10-11H2,1H3,(H,18,21)(H,19,20). The van der Waals surface area contributed by atoms with Crippen LogP contribution in [-0.4, -0.2) is 29.3 Å². The first-order valence-electron chi connectivity index (χ1n) is 7.42. The van der Waals surface area contributed by atoms with Crippen LogP contribution in [0.25, 0.3) is 11.3 Å². The van der Waals surface area contributed by atoms with Gasteiger partial charge in [-0.1, -0.05) is 19.4 Å². The van der Waals surface area contributed by atoms with Crippen LogP contribution in [0.4, 0.5) is 0 Å². The number of ether oxygens (including phenoxy) is 1. The molecule has 0 aliphatic carbocycles. The van der Waals surface area contributed by atoms with E-state index in [1.54, 1.807) is 6.08 Å². The molecule has 2 aromatic rings. The lowest BCUT2D eigenvalue weighted by atomic mass is 10.1. The van der Waals surface area contributed by atoms with E-state index in [0.29, 0.717) is 17.8 Å². The van der Waals surface area contributed by atoms with Crippen LogP contribution in [0, 0.1) is 0 Å². The van der Waals surface area contributed by atoms with E-state index in [1.807, 2.05) is 24.3 Å². The average molecular weight is 299 g/mol. The van der Waals surface area contributed by atoms with Gasteiger partial charge in [0.05, 0.1) is 24.1 Å². The van der Waals surface area contributed by atoms with Crippen molar-refractivity contribution in [2.45, 2.75) is 19.8 Å². The van der Waals surface area contributed by atoms with Crippen molar-refractivity contribution in [3.05, 3.63) is 48.7 Å². The van der Waals surface area contributed by atoms with Gasteiger partial charge >= 0.3 is 0 Å². The van der Waals surface area contributed by atoms with E-state index in [4.69, 9.17) is 4.74 Å². The lowest BCUT2D eigenvalue weighted by Crippen LogP contribution is -2.23. The topological polar surface area (TPSA) is 67.0 Å². The zero-order chi connectivity index (χ0) is 15.8. The van der Waals surface area contributed by atoms with E-state index in [-0.39, 0.29) is 5.91 Å². The average Bonchev–Trinajstić information content (AvgIpc) is 3.03. The Morgan fingerprint density at radius 3 is 2.86 bits per heavy atom. The summed E-state index contributed by atoms with van der Waals surface area (Å²) in [4.78, 5) is 12.1. The quantitative estimate of drug-likeness (QED) is 0.581. The van der Waals surface area contributed by atoms with Crippen LogP contribution in [0.1, 0.15) is 30.1 Å². The van der Waals surface area contributed by atoms with Gasteiger partial charge in [0.25, 0.3) is 5.91 Å². The smallest absolute Gasteiger partial charge is 0.255 e. The van der Waals surface area contributed by atoms with Gasteiger partial charge in [-0.05, 0) is 30.7 Å². The number of nitrogens with zero attached hydrogens (tertiary/aromatic N) is 1. The van der Waals surface area contributed by atoms with Gasteiger partial charge in [-0.3, -0.25) is 9.89 Å². The highest BCUT2D eigenvalue weighted by Crippen LogP contribution is 2.23. The van der Waals surface area contributed by atoms with Crippen molar-refractivity contribution in [2.24, 2.45) is 0 Å². The monoisotopic (exact) mass is 299 g/mol. The summed E-state index contributed by atoms with van der Waals surface area (Å²) in [5, 5.41) is 9.59. The molecule has 0 aliphatic heterocycles. The second kappa shape index (κ2) is 8.02. The number of hydrogen-bond acceptors (Lipinski definition) is 3. The predicted molar refractivity (Wildman–Crippen MR) is 87.0 cm³/mol. The van der Waals surface area contributed by atoms with Gasteiger partial charge in [-0.15, -0.1) is 6.58 Å². The molecule has 22 heavy (non-hydrogen) atoms. The van der Waals surface area contributed by atoms with Crippen LogP contribution >= 0.6 is 0 Å². The van der Waals surface area contributed by atoms with Crippen molar-refractivity contribution in [3.63, 3.8) is 0 Å². The zero-order valence-corrected chi connectivity index (χ0v) is 12.8. The van der Waals surface area contributed by atoms with Crippen LogP contribution in [0.3, 0.4) is 0 Å². The Labute approximate surface area is 130 Å². The number of unbranched alkanes of at least 4 members (excludes halogenated alkanes) is 1. The normalized spacial score (nSPS) is 10.2. The molecule has 2 N–H and O–H groups in total. The van der Waals surface area contributed by atoms with Crippen molar-refractivity contribution in [3.8, 4) is 17.0 Å². The molecule has 0 radical (unpaired) electrons. The molecule has 5 nitrogen and oxygen atoms in total. The summed E-state index contributed by atoms with van der Waals surface area (Å²) in [5.74, 6) is 0.654. The summed E-state index contributed by atoms with van der Waals surface area (Å²) >= 11 is 0. The Balaban J connectivity index is 2.10. The number of hydrogen-bond donors (Lipinski definition) is 2. The fourth-order valence-electron chi connectivity index (χ4n) is 1.99. The maximum atomic E-state index is 12.1. The number of aromatic nitrogens is 2. The molecule has 0 unspecified atom stereocenters. The Bertz CT molecular complexity index is 617. The number of carbonyl (C=O) groups excluding carboxylic acids is 1. The van der Waals surface area contributed by atoms with Crippen LogP contribution in [0.2, 0.25) is 0 Å². The number of H-pyrrole nitrogens is 1. The molecule has 0 fully saturated rings. The summed E-state index contributed by atoms with van der Waals surface area (Å²) in [6, 6.07) is 7.63. The van der Waals surface area contributed by atoms with E-state index in [1.165, 1.54) is 6.20 Å². The van der Waals surface area contributed by atoms with Gasteiger partial charge in [0.2, 0.25) is 0 Å². The number of amides is 1. The molecule has 2 rings (SSSR count). The Morgan fingerprint density at radius 2 is 2.18 bits per heavy atom. The molecule has 1 aromatic carbocycles. The van der Waals surface area contributed by atoms with Gasteiger partial charge in [0.1, 0.15) is 5.75 Å². The number of aromatic amines is 1. The summed E-state index contributed by atoms with van der Waals surface area (Å²) in [6.45, 7) is 6.85. The summed E-state index contributed by atoms with van der Waals surface area (Å²) in [6.07, 6.45) is 5.31. The molecule has 0 bridgehead atoms. The maximum absolute atomic E-state index is 12.1. The van der Waals surface area contributed by atoms with Crippen molar-refractivity contribution in [1.82, 2.24) is 15.5 Å². The number of carbonyl (C=O) groups is 1. The first-order chi connectivity index (χ1) is 10.8. The van der Waals surface area contributed by atoms with Crippen LogP contribution < -0.4 is 10.1 Å². The van der Waals surface area contributed by atoms with E-state index >= 15 is 0 Å². The highest BCUT2D eigenvalue weighted by molar-refractivity contribution is 5.99. The molecule has 1 aromatic heterocycles. The number of nitrogens with one attached hydrogen (secondary N) is 2. The maximum Gasteiger partial charge on any atom is 0.255 e. The largest absolute Gasteiger partial charge is 0.494 e.